The molecule has 4 nitrogen and oxygen atoms in total. The number of nitrogens with one attached hydrogen (secondary N) is 3. The van der Waals surface area contributed by atoms with E-state index in [2.05, 4.69) is 39.2 Å². The SMILES string of the molecule is C=C(/C=c1/c(-c2cc3c(-c4ccc(F)s4)cccc3[nH]2)n[nH]/c1=C/C)C1CCNCC1. The van der Waals surface area contributed by atoms with Crippen LogP contribution in [0.1, 0.15) is 19.8 Å². The lowest BCUT2D eigenvalue weighted by atomic mass is 9.90. The van der Waals surface area contributed by atoms with Gasteiger partial charge in [0, 0.05) is 26.6 Å². The molecular formula is C25H25FN4S. The summed E-state index contributed by atoms with van der Waals surface area (Å²) in [5, 5.41) is 14.1. The van der Waals surface area contributed by atoms with Crippen LogP contribution in [0.25, 0.3) is 44.9 Å². The highest BCUT2D eigenvalue weighted by Crippen LogP contribution is 2.34. The zero-order valence-electron chi connectivity index (χ0n) is 17.5. The number of aromatic nitrogens is 3. The summed E-state index contributed by atoms with van der Waals surface area (Å²) < 4.78 is 13.6. The van der Waals surface area contributed by atoms with Crippen LogP contribution in [-0.4, -0.2) is 28.3 Å². The van der Waals surface area contributed by atoms with Crippen LogP contribution in [0.2, 0.25) is 0 Å². The van der Waals surface area contributed by atoms with Gasteiger partial charge in [0.05, 0.1) is 11.0 Å². The Bertz CT molecular complexity index is 1370. The van der Waals surface area contributed by atoms with E-state index in [4.69, 9.17) is 0 Å². The lowest BCUT2D eigenvalue weighted by molar-refractivity contribution is 0.428. The van der Waals surface area contributed by atoms with Gasteiger partial charge in [-0.15, -0.1) is 11.3 Å². The van der Waals surface area contributed by atoms with E-state index in [1.807, 2.05) is 37.3 Å². The monoisotopic (exact) mass is 432 g/mol. The van der Waals surface area contributed by atoms with Crippen molar-refractivity contribution in [1.82, 2.24) is 20.5 Å². The molecular weight excluding hydrogens is 407 g/mol. The molecule has 0 spiro atoms. The second-order valence-electron chi connectivity index (χ2n) is 7.99. The third-order valence-electron chi connectivity index (χ3n) is 6.07. The molecule has 0 unspecified atom stereocenters. The number of nitrogens with zero attached hydrogens (tertiary/aromatic N) is 1. The molecule has 6 heteroatoms. The largest absolute Gasteiger partial charge is 0.353 e. The number of allylic oxidation sites excluding steroid dienone is 1. The Morgan fingerprint density at radius 2 is 2.06 bits per heavy atom. The summed E-state index contributed by atoms with van der Waals surface area (Å²) in [7, 11) is 0. The summed E-state index contributed by atoms with van der Waals surface area (Å²) in [4.78, 5) is 4.43. The molecule has 1 saturated heterocycles. The van der Waals surface area contributed by atoms with Gasteiger partial charge in [-0.3, -0.25) is 5.10 Å². The van der Waals surface area contributed by atoms with E-state index >= 15 is 0 Å². The number of rotatable bonds is 4. The second kappa shape index (κ2) is 8.29. The number of aromatic amines is 2. The summed E-state index contributed by atoms with van der Waals surface area (Å²) in [6, 6.07) is 11.5. The molecule has 1 aliphatic rings. The minimum absolute atomic E-state index is 0.175. The molecule has 0 aliphatic carbocycles. The molecule has 3 aromatic heterocycles. The predicted molar refractivity (Wildman–Crippen MR) is 128 cm³/mol. The van der Waals surface area contributed by atoms with Crippen molar-refractivity contribution >= 4 is 34.4 Å². The number of H-pyrrole nitrogens is 2. The maximum absolute atomic E-state index is 13.6. The van der Waals surface area contributed by atoms with E-state index in [0.717, 1.165) is 74.8 Å². The molecule has 0 amide bonds. The van der Waals surface area contributed by atoms with Crippen molar-refractivity contribution in [3.05, 3.63) is 64.2 Å². The van der Waals surface area contributed by atoms with E-state index in [-0.39, 0.29) is 5.13 Å². The molecule has 0 saturated carbocycles. The number of benzene rings is 1. The number of thiophene rings is 1. The van der Waals surface area contributed by atoms with Crippen molar-refractivity contribution in [3.63, 3.8) is 0 Å². The van der Waals surface area contributed by atoms with Gasteiger partial charge in [0.1, 0.15) is 5.69 Å². The molecule has 4 heterocycles. The molecule has 1 fully saturated rings. The topological polar surface area (TPSA) is 56.5 Å². The van der Waals surface area contributed by atoms with Crippen LogP contribution in [-0.2, 0) is 0 Å². The third-order valence-corrected chi connectivity index (χ3v) is 6.98. The fourth-order valence-corrected chi connectivity index (χ4v) is 5.16. The van der Waals surface area contributed by atoms with Gasteiger partial charge in [0.2, 0.25) is 0 Å². The minimum Gasteiger partial charge on any atom is -0.353 e. The minimum atomic E-state index is -0.175. The van der Waals surface area contributed by atoms with Crippen molar-refractivity contribution in [2.75, 3.05) is 13.1 Å². The first kappa shape index (κ1) is 20.0. The van der Waals surface area contributed by atoms with Gasteiger partial charge in [-0.25, -0.2) is 0 Å². The first-order chi connectivity index (χ1) is 15.1. The number of piperidine rings is 1. The Kier molecular flexibility index (Phi) is 5.34. The first-order valence-electron chi connectivity index (χ1n) is 10.6. The van der Waals surface area contributed by atoms with Gasteiger partial charge in [-0.2, -0.15) is 9.49 Å². The quantitative estimate of drug-likeness (QED) is 0.443. The maximum atomic E-state index is 13.6. The number of hydrogen-bond donors (Lipinski definition) is 3. The Labute approximate surface area is 184 Å². The predicted octanol–water partition coefficient (Wildman–Crippen LogP) is 4.56. The fraction of sp³-hybridized carbons (Fsp3) is 0.240. The van der Waals surface area contributed by atoms with Crippen LogP contribution in [0.4, 0.5) is 4.39 Å². The van der Waals surface area contributed by atoms with Crippen LogP contribution < -0.4 is 15.9 Å². The van der Waals surface area contributed by atoms with Gasteiger partial charge >= 0.3 is 0 Å². The average Bonchev–Trinajstić information content (AvgIpc) is 3.51. The highest BCUT2D eigenvalue weighted by Gasteiger charge is 2.17. The van der Waals surface area contributed by atoms with Crippen LogP contribution in [0.5, 0.6) is 0 Å². The molecule has 1 aliphatic heterocycles. The van der Waals surface area contributed by atoms with E-state index in [9.17, 15) is 4.39 Å². The number of fused-ring (bicyclic) bond motifs is 1. The van der Waals surface area contributed by atoms with E-state index in [0.29, 0.717) is 5.92 Å². The summed E-state index contributed by atoms with van der Waals surface area (Å²) in [6.07, 6.45) is 6.45. The Morgan fingerprint density at radius 3 is 2.81 bits per heavy atom. The Hall–Kier alpha value is -2.96. The van der Waals surface area contributed by atoms with Crippen molar-refractivity contribution in [2.24, 2.45) is 5.92 Å². The second-order valence-corrected chi connectivity index (χ2v) is 9.02. The maximum Gasteiger partial charge on any atom is 0.176 e. The summed E-state index contributed by atoms with van der Waals surface area (Å²) in [6.45, 7) is 8.47. The molecule has 0 atom stereocenters. The van der Waals surface area contributed by atoms with Crippen LogP contribution in [0, 0.1) is 11.0 Å². The highest BCUT2D eigenvalue weighted by atomic mass is 32.1. The summed E-state index contributed by atoms with van der Waals surface area (Å²) in [5.74, 6) is 0.497. The van der Waals surface area contributed by atoms with Crippen LogP contribution >= 0.6 is 11.3 Å². The zero-order valence-corrected chi connectivity index (χ0v) is 18.3. The molecule has 4 aromatic rings. The smallest absolute Gasteiger partial charge is 0.176 e. The number of hydrogen-bond acceptors (Lipinski definition) is 3. The molecule has 158 valence electrons. The van der Waals surface area contributed by atoms with Crippen molar-refractivity contribution in [3.8, 4) is 21.8 Å². The molecule has 5 rings (SSSR count). The molecule has 1 aromatic carbocycles. The standard InChI is InChI=1S/C25H25FN4S/c1-3-20-19(13-15(2)16-9-11-27-12-10-16)25(30-29-20)22-14-18-17(5-4-6-21(18)28-22)23-7-8-24(26)31-23/h3-8,13-14,16,27-29H,2,9-12H2,1H3/b19-13+,20-3+. The molecule has 31 heavy (non-hydrogen) atoms. The lowest BCUT2D eigenvalue weighted by Crippen LogP contribution is -2.29. The van der Waals surface area contributed by atoms with Gasteiger partial charge in [-0.05, 0) is 69.1 Å². The Balaban J connectivity index is 1.62. The lowest BCUT2D eigenvalue weighted by Gasteiger charge is -2.22. The van der Waals surface area contributed by atoms with Crippen LogP contribution in [0.15, 0.2) is 48.6 Å². The van der Waals surface area contributed by atoms with Gasteiger partial charge < -0.3 is 10.3 Å². The van der Waals surface area contributed by atoms with E-state index < -0.39 is 0 Å². The van der Waals surface area contributed by atoms with E-state index in [1.165, 1.54) is 17.4 Å². The fourth-order valence-electron chi connectivity index (χ4n) is 4.39. The molecule has 3 N–H and O–H groups in total. The zero-order chi connectivity index (χ0) is 21.4. The highest BCUT2D eigenvalue weighted by molar-refractivity contribution is 7.14. The van der Waals surface area contributed by atoms with Crippen molar-refractivity contribution in [1.29, 1.82) is 0 Å². The summed E-state index contributed by atoms with van der Waals surface area (Å²) in [5.41, 5.74) is 5.00. The van der Waals surface area contributed by atoms with Crippen molar-refractivity contribution < 1.29 is 4.39 Å². The first-order valence-corrected chi connectivity index (χ1v) is 11.5. The van der Waals surface area contributed by atoms with Gasteiger partial charge in [-0.1, -0.05) is 30.4 Å². The number of halogens is 1. The van der Waals surface area contributed by atoms with Gasteiger partial charge in [0.25, 0.3) is 0 Å². The van der Waals surface area contributed by atoms with Crippen LogP contribution in [0.3, 0.4) is 0 Å². The third kappa shape index (κ3) is 3.77. The van der Waals surface area contributed by atoms with Crippen molar-refractivity contribution in [2.45, 2.75) is 19.8 Å². The molecule has 0 radical (unpaired) electrons. The average molecular weight is 433 g/mol. The van der Waals surface area contributed by atoms with Gasteiger partial charge in [0.15, 0.2) is 5.13 Å². The Morgan fingerprint density at radius 1 is 1.23 bits per heavy atom. The van der Waals surface area contributed by atoms with E-state index in [1.54, 1.807) is 0 Å². The molecule has 0 bridgehead atoms. The summed E-state index contributed by atoms with van der Waals surface area (Å²) >= 11 is 1.17. The normalized spacial score (nSPS) is 16.5.